The SMILES string of the molecule is O=C(C[NH+]1CCN(C(=O)c2ccccc2)CC1)Nc1ccc(Oc2ccccc2)cc1. The van der Waals surface area contributed by atoms with E-state index >= 15 is 0 Å². The zero-order valence-electron chi connectivity index (χ0n) is 17.3. The molecule has 0 spiro atoms. The van der Waals surface area contributed by atoms with Gasteiger partial charge in [-0.05, 0) is 48.5 Å². The summed E-state index contributed by atoms with van der Waals surface area (Å²) in [5.74, 6) is 1.51. The molecule has 1 fully saturated rings. The quantitative estimate of drug-likeness (QED) is 0.649. The molecular formula is C25H26N3O3+. The number of nitrogens with zero attached hydrogens (tertiary/aromatic N) is 1. The van der Waals surface area contributed by atoms with Gasteiger partial charge in [-0.2, -0.15) is 0 Å². The summed E-state index contributed by atoms with van der Waals surface area (Å²) < 4.78 is 5.77. The number of rotatable bonds is 6. The van der Waals surface area contributed by atoms with Gasteiger partial charge in [0.25, 0.3) is 11.8 Å². The van der Waals surface area contributed by atoms with Gasteiger partial charge in [-0.3, -0.25) is 9.59 Å². The number of quaternary nitrogens is 1. The molecule has 1 aliphatic rings. The molecule has 3 aromatic carbocycles. The van der Waals surface area contributed by atoms with Crippen molar-refractivity contribution in [3.05, 3.63) is 90.5 Å². The van der Waals surface area contributed by atoms with Gasteiger partial charge in [0, 0.05) is 11.3 Å². The van der Waals surface area contributed by atoms with Gasteiger partial charge in [0.05, 0.1) is 26.2 Å². The van der Waals surface area contributed by atoms with Crippen molar-refractivity contribution < 1.29 is 19.2 Å². The Bertz CT molecular complexity index is 999. The van der Waals surface area contributed by atoms with Crippen LogP contribution in [0.5, 0.6) is 11.5 Å². The lowest BCUT2D eigenvalue weighted by molar-refractivity contribution is -0.895. The van der Waals surface area contributed by atoms with Crippen molar-refractivity contribution in [2.45, 2.75) is 0 Å². The van der Waals surface area contributed by atoms with Crippen LogP contribution in [0.2, 0.25) is 0 Å². The van der Waals surface area contributed by atoms with Crippen LogP contribution in [0.3, 0.4) is 0 Å². The maximum absolute atomic E-state index is 12.5. The second-order valence-corrected chi connectivity index (χ2v) is 7.57. The van der Waals surface area contributed by atoms with E-state index in [1.54, 1.807) is 0 Å². The summed E-state index contributed by atoms with van der Waals surface area (Å²) in [4.78, 5) is 28.0. The largest absolute Gasteiger partial charge is 0.457 e. The Labute approximate surface area is 182 Å². The Morgan fingerprint density at radius 1 is 0.806 bits per heavy atom. The standard InChI is InChI=1S/C25H25N3O3/c29-24(26-21-11-13-23(14-12-21)31-22-9-5-2-6-10-22)19-27-15-17-28(18-16-27)25(30)20-7-3-1-4-8-20/h1-14H,15-19H2,(H,26,29)/p+1. The van der Waals surface area contributed by atoms with Gasteiger partial charge in [-0.25, -0.2) is 0 Å². The lowest BCUT2D eigenvalue weighted by atomic mass is 10.2. The predicted octanol–water partition coefficient (Wildman–Crippen LogP) is 2.46. The number of hydrogen-bond donors (Lipinski definition) is 2. The van der Waals surface area contributed by atoms with Crippen molar-refractivity contribution in [2.24, 2.45) is 0 Å². The van der Waals surface area contributed by atoms with Crippen LogP contribution >= 0.6 is 0 Å². The molecule has 0 saturated carbocycles. The number of ether oxygens (including phenoxy) is 1. The first-order chi connectivity index (χ1) is 15.2. The van der Waals surface area contributed by atoms with Gasteiger partial charge < -0.3 is 19.9 Å². The molecule has 158 valence electrons. The second kappa shape index (κ2) is 9.91. The highest BCUT2D eigenvalue weighted by Crippen LogP contribution is 2.22. The van der Waals surface area contributed by atoms with Crippen LogP contribution in [0.15, 0.2) is 84.9 Å². The Morgan fingerprint density at radius 2 is 1.39 bits per heavy atom. The number of nitrogens with one attached hydrogen (secondary N) is 2. The molecule has 2 amide bonds. The fourth-order valence-corrected chi connectivity index (χ4v) is 3.63. The molecule has 0 atom stereocenters. The van der Waals surface area contributed by atoms with E-state index in [9.17, 15) is 9.59 Å². The summed E-state index contributed by atoms with van der Waals surface area (Å²) in [6.45, 7) is 3.21. The predicted molar refractivity (Wildman–Crippen MR) is 119 cm³/mol. The summed E-state index contributed by atoms with van der Waals surface area (Å²) in [6, 6.07) is 26.2. The molecule has 31 heavy (non-hydrogen) atoms. The molecule has 0 aromatic heterocycles. The fraction of sp³-hybridized carbons (Fsp3) is 0.200. The monoisotopic (exact) mass is 416 g/mol. The van der Waals surface area contributed by atoms with Gasteiger partial charge in [-0.1, -0.05) is 36.4 Å². The first kappa shape index (κ1) is 20.6. The maximum Gasteiger partial charge on any atom is 0.279 e. The van der Waals surface area contributed by atoms with Crippen molar-refractivity contribution in [3.8, 4) is 11.5 Å². The van der Waals surface area contributed by atoms with Crippen LogP contribution in [-0.4, -0.2) is 49.4 Å². The summed E-state index contributed by atoms with van der Waals surface area (Å²) in [5.41, 5.74) is 1.45. The Morgan fingerprint density at radius 3 is 2.03 bits per heavy atom. The summed E-state index contributed by atoms with van der Waals surface area (Å²) in [6.07, 6.45) is 0. The molecule has 3 aromatic rings. The third-order valence-electron chi connectivity index (χ3n) is 5.31. The van der Waals surface area contributed by atoms with Crippen LogP contribution in [0, 0.1) is 0 Å². The van der Waals surface area contributed by atoms with Gasteiger partial charge >= 0.3 is 0 Å². The number of carbonyl (C=O) groups is 2. The zero-order chi connectivity index (χ0) is 21.5. The number of anilines is 1. The lowest BCUT2D eigenvalue weighted by Gasteiger charge is -2.32. The molecule has 6 nitrogen and oxygen atoms in total. The Kier molecular flexibility index (Phi) is 6.59. The Balaban J connectivity index is 1.23. The van der Waals surface area contributed by atoms with E-state index < -0.39 is 0 Å². The van der Waals surface area contributed by atoms with Crippen molar-refractivity contribution >= 4 is 17.5 Å². The molecule has 0 aliphatic carbocycles. The smallest absolute Gasteiger partial charge is 0.279 e. The lowest BCUT2D eigenvalue weighted by Crippen LogP contribution is -3.15. The molecule has 6 heteroatoms. The van der Waals surface area contributed by atoms with Crippen LogP contribution < -0.4 is 15.0 Å². The van der Waals surface area contributed by atoms with Crippen molar-refractivity contribution in [2.75, 3.05) is 38.0 Å². The van der Waals surface area contributed by atoms with Crippen LogP contribution in [0.25, 0.3) is 0 Å². The van der Waals surface area contributed by atoms with Crippen LogP contribution in [0.4, 0.5) is 5.69 Å². The summed E-state index contributed by atoms with van der Waals surface area (Å²) in [5, 5.41) is 2.94. The van der Waals surface area contributed by atoms with Crippen LogP contribution in [-0.2, 0) is 4.79 Å². The minimum Gasteiger partial charge on any atom is -0.457 e. The average molecular weight is 417 g/mol. The molecule has 2 N–H and O–H groups in total. The van der Waals surface area contributed by atoms with Crippen molar-refractivity contribution in [3.63, 3.8) is 0 Å². The van der Waals surface area contributed by atoms with Crippen LogP contribution in [0.1, 0.15) is 10.4 Å². The molecule has 0 bridgehead atoms. The van der Waals surface area contributed by atoms with Gasteiger partial charge in [0.2, 0.25) is 0 Å². The maximum atomic E-state index is 12.5. The minimum atomic E-state index is -0.0328. The van der Waals surface area contributed by atoms with E-state index in [0.717, 1.165) is 24.5 Å². The van der Waals surface area contributed by atoms with E-state index in [0.29, 0.717) is 30.9 Å². The molecule has 1 aliphatic heterocycles. The molecule has 1 heterocycles. The summed E-state index contributed by atoms with van der Waals surface area (Å²) >= 11 is 0. The fourth-order valence-electron chi connectivity index (χ4n) is 3.63. The Hall–Kier alpha value is -3.64. The highest BCUT2D eigenvalue weighted by molar-refractivity contribution is 5.94. The average Bonchev–Trinajstić information content (AvgIpc) is 2.82. The first-order valence-electron chi connectivity index (χ1n) is 10.5. The third kappa shape index (κ3) is 5.71. The summed E-state index contributed by atoms with van der Waals surface area (Å²) in [7, 11) is 0. The number of para-hydroxylation sites is 1. The van der Waals surface area contributed by atoms with Crippen molar-refractivity contribution in [1.82, 2.24) is 4.90 Å². The second-order valence-electron chi connectivity index (χ2n) is 7.57. The molecule has 0 radical (unpaired) electrons. The van der Waals surface area contributed by atoms with E-state index in [2.05, 4.69) is 5.32 Å². The van der Waals surface area contributed by atoms with Gasteiger partial charge in [0.1, 0.15) is 11.5 Å². The number of piperazine rings is 1. The highest BCUT2D eigenvalue weighted by Gasteiger charge is 2.25. The van der Waals surface area contributed by atoms with Gasteiger partial charge in [0.15, 0.2) is 6.54 Å². The molecule has 1 saturated heterocycles. The van der Waals surface area contributed by atoms with Gasteiger partial charge in [-0.15, -0.1) is 0 Å². The number of benzene rings is 3. The van der Waals surface area contributed by atoms with E-state index in [4.69, 9.17) is 4.74 Å². The topological polar surface area (TPSA) is 63.1 Å². The third-order valence-corrected chi connectivity index (χ3v) is 5.31. The molecule has 0 unspecified atom stereocenters. The number of amides is 2. The highest BCUT2D eigenvalue weighted by atomic mass is 16.5. The molecule has 4 rings (SSSR count). The zero-order valence-corrected chi connectivity index (χ0v) is 17.3. The van der Waals surface area contributed by atoms with E-state index in [-0.39, 0.29) is 11.8 Å². The molecular weight excluding hydrogens is 390 g/mol. The normalized spacial score (nSPS) is 14.1. The first-order valence-corrected chi connectivity index (χ1v) is 10.5. The number of carbonyl (C=O) groups excluding carboxylic acids is 2. The van der Waals surface area contributed by atoms with Crippen molar-refractivity contribution in [1.29, 1.82) is 0 Å². The van der Waals surface area contributed by atoms with E-state index in [1.165, 1.54) is 4.90 Å². The minimum absolute atomic E-state index is 0.0328. The number of hydrogen-bond acceptors (Lipinski definition) is 3. The van der Waals surface area contributed by atoms with E-state index in [1.807, 2.05) is 89.8 Å².